The topological polar surface area (TPSA) is 78.4 Å². The summed E-state index contributed by atoms with van der Waals surface area (Å²) in [5, 5.41) is 14.9. The molecule has 3 N–H and O–H groups in total. The molecule has 21 heavy (non-hydrogen) atoms. The molecule has 0 saturated carbocycles. The van der Waals surface area contributed by atoms with Crippen molar-refractivity contribution in [2.75, 3.05) is 6.54 Å². The lowest BCUT2D eigenvalue weighted by molar-refractivity contribution is -0.142. The summed E-state index contributed by atoms with van der Waals surface area (Å²) < 4.78 is 0. The van der Waals surface area contributed by atoms with Gasteiger partial charge in [-0.1, -0.05) is 37.3 Å². The number of benzene rings is 1. The highest BCUT2D eigenvalue weighted by Gasteiger charge is 2.30. The van der Waals surface area contributed by atoms with Gasteiger partial charge in [0.25, 0.3) is 0 Å². The molecule has 0 saturated heterocycles. The van der Waals surface area contributed by atoms with Crippen LogP contribution < -0.4 is 10.6 Å². The van der Waals surface area contributed by atoms with Crippen LogP contribution in [0.4, 0.5) is 0 Å². The molecule has 1 rings (SSSR count). The number of amides is 1. The maximum atomic E-state index is 12.1. The van der Waals surface area contributed by atoms with Crippen LogP contribution in [0, 0.1) is 0 Å². The smallest absolute Gasteiger partial charge is 0.326 e. The third kappa shape index (κ3) is 5.55. The van der Waals surface area contributed by atoms with E-state index in [1.165, 1.54) is 0 Å². The number of carbonyl (C=O) groups is 2. The van der Waals surface area contributed by atoms with Crippen LogP contribution in [0.2, 0.25) is 0 Å². The van der Waals surface area contributed by atoms with Crippen molar-refractivity contribution >= 4 is 11.9 Å². The molecule has 0 aromatic heterocycles. The van der Waals surface area contributed by atoms with Gasteiger partial charge in [0.15, 0.2) is 0 Å². The van der Waals surface area contributed by atoms with Crippen LogP contribution in [0.1, 0.15) is 32.8 Å². The Labute approximate surface area is 125 Å². The fraction of sp³-hybridized carbons (Fsp3) is 0.500. The third-order valence-electron chi connectivity index (χ3n) is 3.35. The zero-order chi connectivity index (χ0) is 15.9. The minimum Gasteiger partial charge on any atom is -0.480 e. The number of nitrogens with one attached hydrogen (secondary N) is 2. The van der Waals surface area contributed by atoms with E-state index < -0.39 is 17.6 Å². The van der Waals surface area contributed by atoms with E-state index in [1.807, 2.05) is 37.3 Å². The second kappa shape index (κ2) is 7.78. The van der Waals surface area contributed by atoms with Crippen LogP contribution in [-0.4, -0.2) is 35.1 Å². The minimum absolute atomic E-state index is 0.301. The number of carboxylic acids is 1. The largest absolute Gasteiger partial charge is 0.480 e. The van der Waals surface area contributed by atoms with E-state index in [0.717, 1.165) is 5.56 Å². The lowest BCUT2D eigenvalue weighted by Crippen LogP contribution is -2.56. The molecule has 0 aliphatic carbocycles. The Morgan fingerprint density at radius 2 is 1.86 bits per heavy atom. The molecule has 1 atom stereocenters. The third-order valence-corrected chi connectivity index (χ3v) is 3.35. The number of hydrogen-bond donors (Lipinski definition) is 3. The van der Waals surface area contributed by atoms with Gasteiger partial charge in [-0.3, -0.25) is 4.79 Å². The van der Waals surface area contributed by atoms with Gasteiger partial charge in [0.05, 0.1) is 5.54 Å². The zero-order valence-electron chi connectivity index (χ0n) is 12.8. The minimum atomic E-state index is -1.01. The molecule has 5 nitrogen and oxygen atoms in total. The van der Waals surface area contributed by atoms with Gasteiger partial charge in [-0.25, -0.2) is 4.79 Å². The van der Waals surface area contributed by atoms with Crippen molar-refractivity contribution < 1.29 is 14.7 Å². The molecule has 0 fully saturated rings. The summed E-state index contributed by atoms with van der Waals surface area (Å²) in [6, 6.07) is 8.76. The van der Waals surface area contributed by atoms with E-state index >= 15 is 0 Å². The maximum absolute atomic E-state index is 12.1. The van der Waals surface area contributed by atoms with E-state index in [0.29, 0.717) is 19.4 Å². The van der Waals surface area contributed by atoms with Gasteiger partial charge < -0.3 is 15.7 Å². The number of hydrogen-bond acceptors (Lipinski definition) is 3. The first-order chi connectivity index (χ1) is 9.86. The zero-order valence-corrected chi connectivity index (χ0v) is 12.8. The molecule has 1 aromatic rings. The highest BCUT2D eigenvalue weighted by atomic mass is 16.4. The number of likely N-dealkylation sites (N-methyl/N-ethyl adjacent to an activating group) is 1. The monoisotopic (exact) mass is 292 g/mol. The van der Waals surface area contributed by atoms with Crippen molar-refractivity contribution in [2.45, 2.75) is 45.2 Å². The average Bonchev–Trinajstić information content (AvgIpc) is 2.43. The Kier molecular flexibility index (Phi) is 6.37. The van der Waals surface area contributed by atoms with Crippen molar-refractivity contribution in [3.63, 3.8) is 0 Å². The summed E-state index contributed by atoms with van der Waals surface area (Å²) in [4.78, 5) is 23.4. The molecule has 0 radical (unpaired) electrons. The number of aliphatic carboxylic acids is 1. The van der Waals surface area contributed by atoms with Gasteiger partial charge in [0.2, 0.25) is 5.91 Å². The molecule has 0 aliphatic rings. The average molecular weight is 292 g/mol. The molecular weight excluding hydrogens is 268 g/mol. The molecule has 0 heterocycles. The van der Waals surface area contributed by atoms with Crippen LogP contribution in [0.25, 0.3) is 0 Å². The molecule has 116 valence electrons. The van der Waals surface area contributed by atoms with Gasteiger partial charge in [-0.15, -0.1) is 0 Å². The van der Waals surface area contributed by atoms with E-state index in [-0.39, 0.29) is 5.91 Å². The summed E-state index contributed by atoms with van der Waals surface area (Å²) >= 11 is 0. The number of aryl methyl sites for hydroxylation is 1. The molecule has 0 spiro atoms. The SMILES string of the molecule is CCNC(C)(C)C(=O)NC(CCc1ccccc1)C(=O)O. The molecule has 1 unspecified atom stereocenters. The molecule has 1 amide bonds. The first kappa shape index (κ1) is 17.2. The number of carbonyl (C=O) groups excluding carboxylic acids is 1. The Morgan fingerprint density at radius 3 is 2.38 bits per heavy atom. The van der Waals surface area contributed by atoms with Gasteiger partial charge >= 0.3 is 5.97 Å². The van der Waals surface area contributed by atoms with E-state index in [2.05, 4.69) is 10.6 Å². The van der Waals surface area contributed by atoms with Crippen molar-refractivity contribution in [3.05, 3.63) is 35.9 Å². The van der Waals surface area contributed by atoms with Crippen molar-refractivity contribution in [1.82, 2.24) is 10.6 Å². The van der Waals surface area contributed by atoms with Gasteiger partial charge in [-0.2, -0.15) is 0 Å². The summed E-state index contributed by atoms with van der Waals surface area (Å²) in [6.07, 6.45) is 0.979. The Balaban J connectivity index is 2.62. The Morgan fingerprint density at radius 1 is 1.24 bits per heavy atom. The van der Waals surface area contributed by atoms with Gasteiger partial charge in [0, 0.05) is 0 Å². The highest BCUT2D eigenvalue weighted by molar-refractivity contribution is 5.89. The van der Waals surface area contributed by atoms with Crippen LogP contribution in [-0.2, 0) is 16.0 Å². The first-order valence-electron chi connectivity index (χ1n) is 7.19. The maximum Gasteiger partial charge on any atom is 0.326 e. The van der Waals surface area contributed by atoms with Crippen LogP contribution >= 0.6 is 0 Å². The second-order valence-corrected chi connectivity index (χ2v) is 5.54. The predicted octanol–water partition coefficient (Wildman–Crippen LogP) is 1.58. The standard InChI is InChI=1S/C16H24N2O3/c1-4-17-16(2,3)15(21)18-13(14(19)20)11-10-12-8-6-5-7-9-12/h5-9,13,17H,4,10-11H2,1-3H3,(H,18,21)(H,19,20). The summed E-state index contributed by atoms with van der Waals surface area (Å²) in [7, 11) is 0. The number of carboxylic acid groups (broad SMARTS) is 1. The summed E-state index contributed by atoms with van der Waals surface area (Å²) in [6.45, 7) is 6.02. The summed E-state index contributed by atoms with van der Waals surface area (Å²) in [5.74, 6) is -1.31. The lowest BCUT2D eigenvalue weighted by Gasteiger charge is -2.26. The highest BCUT2D eigenvalue weighted by Crippen LogP contribution is 2.08. The summed E-state index contributed by atoms with van der Waals surface area (Å²) in [5.41, 5.74) is 0.277. The van der Waals surface area contributed by atoms with Gasteiger partial charge in [-0.05, 0) is 38.8 Å². The lowest BCUT2D eigenvalue weighted by atomic mass is 10.0. The quantitative estimate of drug-likeness (QED) is 0.679. The second-order valence-electron chi connectivity index (χ2n) is 5.54. The van der Waals surface area contributed by atoms with Crippen molar-refractivity contribution in [3.8, 4) is 0 Å². The van der Waals surface area contributed by atoms with Gasteiger partial charge in [0.1, 0.15) is 6.04 Å². The Hall–Kier alpha value is -1.88. The molecular formula is C16H24N2O3. The number of rotatable bonds is 8. The van der Waals surface area contributed by atoms with E-state index in [4.69, 9.17) is 0 Å². The van der Waals surface area contributed by atoms with E-state index in [9.17, 15) is 14.7 Å². The van der Waals surface area contributed by atoms with Crippen LogP contribution in [0.3, 0.4) is 0 Å². The normalized spacial score (nSPS) is 12.7. The molecule has 0 aliphatic heterocycles. The van der Waals surface area contributed by atoms with E-state index in [1.54, 1.807) is 13.8 Å². The van der Waals surface area contributed by atoms with Crippen molar-refractivity contribution in [2.24, 2.45) is 0 Å². The van der Waals surface area contributed by atoms with Crippen LogP contribution in [0.15, 0.2) is 30.3 Å². The van der Waals surface area contributed by atoms with Crippen molar-refractivity contribution in [1.29, 1.82) is 0 Å². The fourth-order valence-corrected chi connectivity index (χ4v) is 2.07. The molecule has 0 bridgehead atoms. The molecule has 1 aromatic carbocycles. The fourth-order valence-electron chi connectivity index (χ4n) is 2.07. The molecule has 5 heteroatoms. The Bertz CT molecular complexity index is 472. The first-order valence-corrected chi connectivity index (χ1v) is 7.19. The predicted molar refractivity (Wildman–Crippen MR) is 82.1 cm³/mol. The van der Waals surface area contributed by atoms with Crippen LogP contribution in [0.5, 0.6) is 0 Å².